The first-order chi connectivity index (χ1) is 20.5. The van der Waals surface area contributed by atoms with Crippen molar-refractivity contribution in [1.82, 2.24) is 0 Å². The minimum absolute atomic E-state index is 0.0582. The molecular formula is C37H72O5. The van der Waals surface area contributed by atoms with Gasteiger partial charge in [-0.05, 0) is 18.8 Å². The zero-order chi connectivity index (χ0) is 30.9. The number of esters is 2. The largest absolute Gasteiger partial charge is 0.462 e. The van der Waals surface area contributed by atoms with Gasteiger partial charge in [-0.3, -0.25) is 9.59 Å². The minimum atomic E-state index is -0.761. The molecule has 0 aliphatic carbocycles. The van der Waals surface area contributed by atoms with Gasteiger partial charge in [-0.1, -0.05) is 175 Å². The number of ether oxygens (including phenoxy) is 2. The van der Waals surface area contributed by atoms with Crippen LogP contribution in [0.25, 0.3) is 0 Å². The van der Waals surface area contributed by atoms with E-state index in [4.69, 9.17) is 9.47 Å². The third kappa shape index (κ3) is 30.4. The second kappa shape index (κ2) is 32.8. The SMILES string of the molecule is CCCCCCCCCCCCCCCCC(=O)OC[C@H](CO)OC(=O)CCCCCCCCCCCCC(C)CC. The minimum Gasteiger partial charge on any atom is -0.462 e. The van der Waals surface area contributed by atoms with E-state index in [0.717, 1.165) is 38.0 Å². The molecule has 0 aliphatic heterocycles. The molecule has 0 aromatic carbocycles. The molecule has 0 bridgehead atoms. The van der Waals surface area contributed by atoms with Gasteiger partial charge in [-0.25, -0.2) is 0 Å². The summed E-state index contributed by atoms with van der Waals surface area (Å²) in [5, 5.41) is 9.52. The smallest absolute Gasteiger partial charge is 0.306 e. The molecule has 0 spiro atoms. The van der Waals surface area contributed by atoms with Gasteiger partial charge in [-0.15, -0.1) is 0 Å². The lowest BCUT2D eigenvalue weighted by Crippen LogP contribution is -2.28. The number of rotatable bonds is 33. The van der Waals surface area contributed by atoms with Crippen molar-refractivity contribution in [2.45, 2.75) is 207 Å². The molecule has 0 rings (SSSR count). The molecular weight excluding hydrogens is 524 g/mol. The highest BCUT2D eigenvalue weighted by Crippen LogP contribution is 2.16. The summed E-state index contributed by atoms with van der Waals surface area (Å²) in [5.41, 5.74) is 0. The van der Waals surface area contributed by atoms with Gasteiger partial charge < -0.3 is 14.6 Å². The Morgan fingerprint density at radius 1 is 0.548 bits per heavy atom. The van der Waals surface area contributed by atoms with E-state index in [0.29, 0.717) is 12.8 Å². The number of aliphatic hydroxyl groups is 1. The van der Waals surface area contributed by atoms with Gasteiger partial charge >= 0.3 is 11.9 Å². The van der Waals surface area contributed by atoms with Crippen molar-refractivity contribution in [1.29, 1.82) is 0 Å². The van der Waals surface area contributed by atoms with E-state index in [9.17, 15) is 14.7 Å². The quantitative estimate of drug-likeness (QED) is 0.0602. The zero-order valence-corrected chi connectivity index (χ0v) is 28.4. The Hall–Kier alpha value is -1.10. The van der Waals surface area contributed by atoms with Crippen molar-refractivity contribution in [3.8, 4) is 0 Å². The highest BCUT2D eigenvalue weighted by molar-refractivity contribution is 5.70. The lowest BCUT2D eigenvalue weighted by Gasteiger charge is -2.15. The summed E-state index contributed by atoms with van der Waals surface area (Å²) in [6.07, 6.45) is 32.9. The van der Waals surface area contributed by atoms with Gasteiger partial charge in [0.2, 0.25) is 0 Å². The number of unbranched alkanes of at least 4 members (excludes halogenated alkanes) is 22. The summed E-state index contributed by atoms with van der Waals surface area (Å²) in [6.45, 7) is 6.51. The molecule has 0 saturated carbocycles. The van der Waals surface area contributed by atoms with Crippen LogP contribution in [0, 0.1) is 5.92 Å². The second-order valence-corrected chi connectivity index (χ2v) is 12.9. The summed E-state index contributed by atoms with van der Waals surface area (Å²) in [7, 11) is 0. The molecule has 0 aromatic rings. The van der Waals surface area contributed by atoms with Gasteiger partial charge in [0.15, 0.2) is 6.10 Å². The standard InChI is InChI=1S/C37H72O5/c1-4-6-7-8-9-10-11-12-13-14-18-21-24-27-30-36(39)41-33-35(32-38)42-37(40)31-28-25-22-19-16-15-17-20-23-26-29-34(3)5-2/h34-35,38H,4-33H2,1-3H3/t34?,35-/m0/s1. The maximum atomic E-state index is 12.1. The van der Waals surface area contributed by atoms with E-state index < -0.39 is 6.10 Å². The Morgan fingerprint density at radius 3 is 1.33 bits per heavy atom. The van der Waals surface area contributed by atoms with Gasteiger partial charge in [0.05, 0.1) is 6.61 Å². The maximum absolute atomic E-state index is 12.1. The Bertz CT molecular complexity index is 579. The molecule has 0 amide bonds. The van der Waals surface area contributed by atoms with Crippen molar-refractivity contribution in [2.75, 3.05) is 13.2 Å². The molecule has 5 heteroatoms. The van der Waals surface area contributed by atoms with E-state index in [-0.39, 0.29) is 25.2 Å². The van der Waals surface area contributed by atoms with Crippen LogP contribution in [-0.2, 0) is 19.1 Å². The zero-order valence-electron chi connectivity index (χ0n) is 28.4. The van der Waals surface area contributed by atoms with E-state index in [2.05, 4.69) is 20.8 Å². The van der Waals surface area contributed by atoms with Crippen molar-refractivity contribution in [3.05, 3.63) is 0 Å². The van der Waals surface area contributed by atoms with Crippen LogP contribution in [0.2, 0.25) is 0 Å². The summed E-state index contributed by atoms with van der Waals surface area (Å²) in [4.78, 5) is 24.2. The Labute approximate surface area is 261 Å². The first-order valence-corrected chi connectivity index (χ1v) is 18.5. The van der Waals surface area contributed by atoms with Gasteiger partial charge in [0, 0.05) is 12.8 Å². The molecule has 1 unspecified atom stereocenters. The summed E-state index contributed by atoms with van der Waals surface area (Å²) in [6, 6.07) is 0. The third-order valence-electron chi connectivity index (χ3n) is 8.69. The monoisotopic (exact) mass is 597 g/mol. The van der Waals surface area contributed by atoms with Crippen molar-refractivity contribution in [2.24, 2.45) is 5.92 Å². The Balaban J connectivity index is 3.53. The van der Waals surface area contributed by atoms with Crippen LogP contribution < -0.4 is 0 Å². The third-order valence-corrected chi connectivity index (χ3v) is 8.69. The first kappa shape index (κ1) is 40.9. The number of aliphatic hydroxyl groups excluding tert-OH is 1. The molecule has 0 saturated heterocycles. The molecule has 0 heterocycles. The predicted octanol–water partition coefficient (Wildman–Crippen LogP) is 11.0. The van der Waals surface area contributed by atoms with Crippen LogP contribution >= 0.6 is 0 Å². The fraction of sp³-hybridized carbons (Fsp3) is 0.946. The number of carbonyl (C=O) groups is 2. The lowest BCUT2D eigenvalue weighted by molar-refractivity contribution is -0.161. The normalized spacial score (nSPS) is 12.8. The predicted molar refractivity (Wildman–Crippen MR) is 178 cm³/mol. The molecule has 42 heavy (non-hydrogen) atoms. The molecule has 250 valence electrons. The molecule has 0 aliphatic rings. The molecule has 0 fully saturated rings. The van der Waals surface area contributed by atoms with Crippen molar-refractivity contribution >= 4 is 11.9 Å². The van der Waals surface area contributed by atoms with Crippen LogP contribution in [0.5, 0.6) is 0 Å². The highest BCUT2D eigenvalue weighted by atomic mass is 16.6. The van der Waals surface area contributed by atoms with E-state index in [1.54, 1.807) is 0 Å². The fourth-order valence-electron chi connectivity index (χ4n) is 5.47. The number of hydrogen-bond donors (Lipinski definition) is 1. The van der Waals surface area contributed by atoms with Gasteiger partial charge in [0.25, 0.3) is 0 Å². The summed E-state index contributed by atoms with van der Waals surface area (Å²) >= 11 is 0. The first-order valence-electron chi connectivity index (χ1n) is 18.5. The van der Waals surface area contributed by atoms with Crippen molar-refractivity contribution in [3.63, 3.8) is 0 Å². The number of hydrogen-bond acceptors (Lipinski definition) is 5. The average Bonchev–Trinajstić information content (AvgIpc) is 2.99. The summed E-state index contributed by atoms with van der Waals surface area (Å²) < 4.78 is 10.6. The van der Waals surface area contributed by atoms with Crippen LogP contribution in [0.4, 0.5) is 0 Å². The van der Waals surface area contributed by atoms with Crippen LogP contribution in [0.15, 0.2) is 0 Å². The molecule has 5 nitrogen and oxygen atoms in total. The van der Waals surface area contributed by atoms with Crippen LogP contribution in [0.1, 0.15) is 201 Å². The number of carbonyl (C=O) groups excluding carboxylic acids is 2. The molecule has 0 radical (unpaired) electrons. The van der Waals surface area contributed by atoms with Gasteiger partial charge in [0.1, 0.15) is 6.61 Å². The fourth-order valence-corrected chi connectivity index (χ4v) is 5.47. The molecule has 0 aromatic heterocycles. The van der Waals surface area contributed by atoms with Crippen LogP contribution in [0.3, 0.4) is 0 Å². The topological polar surface area (TPSA) is 72.8 Å². The highest BCUT2D eigenvalue weighted by Gasteiger charge is 2.16. The molecule has 2 atom stereocenters. The Morgan fingerprint density at radius 2 is 0.929 bits per heavy atom. The van der Waals surface area contributed by atoms with E-state index >= 15 is 0 Å². The van der Waals surface area contributed by atoms with Gasteiger partial charge in [-0.2, -0.15) is 0 Å². The molecule has 1 N–H and O–H groups in total. The van der Waals surface area contributed by atoms with E-state index in [1.165, 1.54) is 135 Å². The Kier molecular flexibility index (Phi) is 31.9. The summed E-state index contributed by atoms with van der Waals surface area (Å²) in [5.74, 6) is 0.298. The average molecular weight is 597 g/mol. The van der Waals surface area contributed by atoms with E-state index in [1.807, 2.05) is 0 Å². The second-order valence-electron chi connectivity index (χ2n) is 12.9. The maximum Gasteiger partial charge on any atom is 0.306 e. The van der Waals surface area contributed by atoms with Crippen LogP contribution in [-0.4, -0.2) is 36.4 Å². The lowest BCUT2D eigenvalue weighted by atomic mass is 9.99. The van der Waals surface area contributed by atoms with Crippen molar-refractivity contribution < 1.29 is 24.2 Å².